The molecule has 0 aliphatic carbocycles. The molecular formula is C26H23FN2O5S. The summed E-state index contributed by atoms with van der Waals surface area (Å²) in [5, 5.41) is 0.693. The summed E-state index contributed by atoms with van der Waals surface area (Å²) in [7, 11) is -3.97. The Kier molecular flexibility index (Phi) is 6.04. The Morgan fingerprint density at radius 3 is 2.26 bits per heavy atom. The van der Waals surface area contributed by atoms with E-state index in [4.69, 9.17) is 9.47 Å². The minimum Gasteiger partial charge on any atom is -0.486 e. The van der Waals surface area contributed by atoms with Gasteiger partial charge in [0, 0.05) is 30.1 Å². The summed E-state index contributed by atoms with van der Waals surface area (Å²) in [6.07, 6.45) is 0. The Morgan fingerprint density at radius 2 is 1.57 bits per heavy atom. The molecule has 0 atom stereocenters. The van der Waals surface area contributed by atoms with Gasteiger partial charge in [-0.3, -0.25) is 4.79 Å². The number of aromatic nitrogens is 1. The summed E-state index contributed by atoms with van der Waals surface area (Å²) < 4.78 is 53.1. The van der Waals surface area contributed by atoms with Crippen molar-refractivity contribution in [1.82, 2.24) is 9.29 Å². The highest BCUT2D eigenvalue weighted by Crippen LogP contribution is 2.34. The Balaban J connectivity index is 1.55. The molecule has 0 fully saturated rings. The summed E-state index contributed by atoms with van der Waals surface area (Å²) >= 11 is 0. The van der Waals surface area contributed by atoms with Gasteiger partial charge in [-0.15, -0.1) is 0 Å². The van der Waals surface area contributed by atoms with Crippen molar-refractivity contribution in [3.05, 3.63) is 99.6 Å². The Hall–Kier alpha value is -3.69. The largest absolute Gasteiger partial charge is 0.486 e. The number of aromatic amines is 1. The summed E-state index contributed by atoms with van der Waals surface area (Å²) in [5.74, 6) is 0.700. The molecular weight excluding hydrogens is 471 g/mol. The number of benzene rings is 3. The molecule has 2 heterocycles. The van der Waals surface area contributed by atoms with Crippen LogP contribution in [0.1, 0.15) is 16.7 Å². The van der Waals surface area contributed by atoms with E-state index in [0.717, 1.165) is 5.56 Å². The second-order valence-electron chi connectivity index (χ2n) is 8.42. The van der Waals surface area contributed by atoms with Crippen LogP contribution in [0.3, 0.4) is 0 Å². The van der Waals surface area contributed by atoms with Crippen LogP contribution < -0.4 is 15.0 Å². The van der Waals surface area contributed by atoms with E-state index in [1.54, 1.807) is 30.3 Å². The molecule has 3 aromatic carbocycles. The van der Waals surface area contributed by atoms with Crippen molar-refractivity contribution in [3.8, 4) is 11.5 Å². The summed E-state index contributed by atoms with van der Waals surface area (Å²) in [4.78, 5) is 15.9. The first-order valence-corrected chi connectivity index (χ1v) is 12.5. The molecule has 0 radical (unpaired) electrons. The van der Waals surface area contributed by atoms with Crippen LogP contribution in [0.5, 0.6) is 11.5 Å². The average Bonchev–Trinajstić information content (AvgIpc) is 2.84. The summed E-state index contributed by atoms with van der Waals surface area (Å²) in [6, 6.07) is 17.3. The summed E-state index contributed by atoms with van der Waals surface area (Å²) in [6.45, 7) is 2.52. The van der Waals surface area contributed by atoms with Gasteiger partial charge in [0.25, 0.3) is 5.56 Å². The highest BCUT2D eigenvalue weighted by molar-refractivity contribution is 7.89. The molecule has 1 N–H and O–H groups in total. The zero-order chi connectivity index (χ0) is 24.6. The SMILES string of the molecule is Cc1ccc(S(=O)(=O)N(Cc2ccc(F)cc2)Cc2cc3cc4c(cc3[nH]c2=O)OCCO4)cc1. The molecule has 0 amide bonds. The van der Waals surface area contributed by atoms with E-state index >= 15 is 0 Å². The van der Waals surface area contributed by atoms with Gasteiger partial charge < -0.3 is 14.5 Å². The fraction of sp³-hybridized carbons (Fsp3) is 0.192. The molecule has 0 saturated heterocycles. The van der Waals surface area contributed by atoms with Crippen LogP contribution in [0.15, 0.2) is 76.4 Å². The molecule has 0 spiro atoms. The van der Waals surface area contributed by atoms with Gasteiger partial charge in [0.2, 0.25) is 10.0 Å². The number of halogens is 1. The van der Waals surface area contributed by atoms with Gasteiger partial charge in [-0.05, 0) is 48.9 Å². The highest BCUT2D eigenvalue weighted by atomic mass is 32.2. The Labute approximate surface area is 201 Å². The predicted octanol–water partition coefficient (Wildman–Crippen LogP) is 4.14. The van der Waals surface area contributed by atoms with E-state index < -0.39 is 21.4 Å². The third kappa shape index (κ3) is 4.78. The average molecular weight is 495 g/mol. The lowest BCUT2D eigenvalue weighted by molar-refractivity contribution is 0.172. The number of nitrogens with zero attached hydrogens (tertiary/aromatic N) is 1. The van der Waals surface area contributed by atoms with Crippen LogP contribution in [0.4, 0.5) is 4.39 Å². The van der Waals surface area contributed by atoms with Crippen molar-refractivity contribution >= 4 is 20.9 Å². The second-order valence-corrected chi connectivity index (χ2v) is 10.4. The third-order valence-electron chi connectivity index (χ3n) is 5.86. The molecule has 0 bridgehead atoms. The molecule has 0 saturated carbocycles. The maximum Gasteiger partial charge on any atom is 0.252 e. The molecule has 180 valence electrons. The number of pyridine rings is 1. The number of hydrogen-bond donors (Lipinski definition) is 1. The van der Waals surface area contributed by atoms with E-state index in [1.807, 2.05) is 6.92 Å². The van der Waals surface area contributed by atoms with Gasteiger partial charge in [-0.2, -0.15) is 4.31 Å². The minimum absolute atomic E-state index is 0.0326. The predicted molar refractivity (Wildman–Crippen MR) is 130 cm³/mol. The Bertz CT molecular complexity index is 1550. The lowest BCUT2D eigenvalue weighted by Gasteiger charge is -2.23. The first kappa shape index (κ1) is 23.1. The van der Waals surface area contributed by atoms with E-state index in [1.165, 1.54) is 40.7 Å². The molecule has 7 nitrogen and oxygen atoms in total. The second kappa shape index (κ2) is 9.16. The lowest BCUT2D eigenvalue weighted by atomic mass is 10.1. The van der Waals surface area contributed by atoms with Crippen molar-refractivity contribution in [2.24, 2.45) is 0 Å². The fourth-order valence-electron chi connectivity index (χ4n) is 3.97. The van der Waals surface area contributed by atoms with Crippen LogP contribution in [-0.2, 0) is 23.1 Å². The molecule has 1 aliphatic rings. The maximum atomic E-state index is 13.6. The molecule has 9 heteroatoms. The van der Waals surface area contributed by atoms with Gasteiger partial charge in [0.05, 0.1) is 10.4 Å². The van der Waals surface area contributed by atoms with Gasteiger partial charge >= 0.3 is 0 Å². The standard InChI is InChI=1S/C26H23FN2O5S/c1-17-2-8-22(9-3-17)35(31,32)29(15-18-4-6-21(27)7-5-18)16-20-12-19-13-24-25(34-11-10-33-24)14-23(19)28-26(20)30/h2-9,12-14H,10-11,15-16H2,1H3,(H,28,30). The van der Waals surface area contributed by atoms with E-state index in [2.05, 4.69) is 4.98 Å². The third-order valence-corrected chi connectivity index (χ3v) is 7.67. The first-order valence-electron chi connectivity index (χ1n) is 11.1. The van der Waals surface area contributed by atoms with Gasteiger partial charge in [0.15, 0.2) is 11.5 Å². The molecule has 0 unspecified atom stereocenters. The van der Waals surface area contributed by atoms with Crippen LogP contribution in [-0.4, -0.2) is 30.9 Å². The van der Waals surface area contributed by atoms with Crippen molar-refractivity contribution < 1.29 is 22.3 Å². The quantitative estimate of drug-likeness (QED) is 0.435. The zero-order valence-electron chi connectivity index (χ0n) is 19.0. The monoisotopic (exact) mass is 494 g/mol. The van der Waals surface area contributed by atoms with E-state index in [0.29, 0.717) is 41.2 Å². The number of aryl methyl sites for hydroxylation is 1. The fourth-order valence-corrected chi connectivity index (χ4v) is 5.38. The number of hydrogen-bond acceptors (Lipinski definition) is 5. The molecule has 1 aromatic heterocycles. The number of rotatable bonds is 6. The number of sulfonamides is 1. The van der Waals surface area contributed by atoms with Crippen LogP contribution >= 0.6 is 0 Å². The highest BCUT2D eigenvalue weighted by Gasteiger charge is 2.26. The van der Waals surface area contributed by atoms with E-state index in [9.17, 15) is 17.6 Å². The Morgan fingerprint density at radius 1 is 0.914 bits per heavy atom. The van der Waals surface area contributed by atoms with Gasteiger partial charge in [0.1, 0.15) is 19.0 Å². The van der Waals surface area contributed by atoms with Gasteiger partial charge in [-0.25, -0.2) is 12.8 Å². The molecule has 1 aliphatic heterocycles. The van der Waals surface area contributed by atoms with Crippen LogP contribution in [0.2, 0.25) is 0 Å². The van der Waals surface area contributed by atoms with Crippen molar-refractivity contribution in [2.45, 2.75) is 24.9 Å². The first-order chi connectivity index (χ1) is 16.8. The normalized spacial score (nSPS) is 13.3. The van der Waals surface area contributed by atoms with Crippen molar-refractivity contribution in [2.75, 3.05) is 13.2 Å². The van der Waals surface area contributed by atoms with Gasteiger partial charge in [-0.1, -0.05) is 29.8 Å². The zero-order valence-corrected chi connectivity index (χ0v) is 19.8. The molecule has 4 aromatic rings. The van der Waals surface area contributed by atoms with Crippen LogP contribution in [0.25, 0.3) is 10.9 Å². The van der Waals surface area contributed by atoms with Crippen molar-refractivity contribution in [1.29, 1.82) is 0 Å². The van der Waals surface area contributed by atoms with Crippen LogP contribution in [0, 0.1) is 12.7 Å². The molecule has 35 heavy (non-hydrogen) atoms. The number of ether oxygens (including phenoxy) is 2. The maximum absolute atomic E-state index is 13.6. The van der Waals surface area contributed by atoms with Crippen molar-refractivity contribution in [3.63, 3.8) is 0 Å². The van der Waals surface area contributed by atoms with E-state index in [-0.39, 0.29) is 23.5 Å². The number of nitrogens with one attached hydrogen (secondary N) is 1. The minimum atomic E-state index is -3.97. The lowest BCUT2D eigenvalue weighted by Crippen LogP contribution is -2.32. The topological polar surface area (TPSA) is 88.7 Å². The number of H-pyrrole nitrogens is 1. The smallest absolute Gasteiger partial charge is 0.252 e. The summed E-state index contributed by atoms with van der Waals surface area (Å²) in [5.41, 5.74) is 1.95. The molecule has 5 rings (SSSR count). The number of fused-ring (bicyclic) bond motifs is 2.